The van der Waals surface area contributed by atoms with E-state index >= 15 is 0 Å². The number of anilines is 1. The van der Waals surface area contributed by atoms with Crippen LogP contribution in [-0.2, 0) is 0 Å². The molecule has 1 atom stereocenters. The van der Waals surface area contributed by atoms with E-state index in [9.17, 15) is 5.11 Å². The maximum Gasteiger partial charge on any atom is 0.0762 e. The van der Waals surface area contributed by atoms with Gasteiger partial charge in [-0.25, -0.2) is 0 Å². The van der Waals surface area contributed by atoms with Gasteiger partial charge in [0.2, 0.25) is 0 Å². The van der Waals surface area contributed by atoms with Crippen LogP contribution >= 0.6 is 15.9 Å². The van der Waals surface area contributed by atoms with E-state index in [0.29, 0.717) is 0 Å². The predicted molar refractivity (Wildman–Crippen MR) is 88.3 cm³/mol. The van der Waals surface area contributed by atoms with Gasteiger partial charge in [-0.2, -0.15) is 0 Å². The van der Waals surface area contributed by atoms with Crippen molar-refractivity contribution in [3.63, 3.8) is 0 Å². The van der Waals surface area contributed by atoms with Gasteiger partial charge >= 0.3 is 0 Å². The van der Waals surface area contributed by atoms with Gasteiger partial charge in [-0.15, -0.1) is 0 Å². The van der Waals surface area contributed by atoms with Crippen molar-refractivity contribution in [2.45, 2.75) is 39.3 Å². The fourth-order valence-corrected chi connectivity index (χ4v) is 3.30. The van der Waals surface area contributed by atoms with Crippen LogP contribution < -0.4 is 4.90 Å². The first-order valence-electron chi connectivity index (χ1n) is 7.26. The van der Waals surface area contributed by atoms with E-state index in [-0.39, 0.29) is 5.54 Å². The highest BCUT2D eigenvalue weighted by atomic mass is 79.9. The SMILES string of the molecule is C[C@H](O)c1ccc(N2CCN(C(C)(C)C)CC2)c(Br)c1. The average Bonchev–Trinajstić information content (AvgIpc) is 2.37. The summed E-state index contributed by atoms with van der Waals surface area (Å²) >= 11 is 3.64. The van der Waals surface area contributed by atoms with Gasteiger partial charge in [-0.1, -0.05) is 6.07 Å². The van der Waals surface area contributed by atoms with E-state index in [1.54, 1.807) is 6.92 Å². The number of benzene rings is 1. The summed E-state index contributed by atoms with van der Waals surface area (Å²) in [6.07, 6.45) is -0.418. The highest BCUT2D eigenvalue weighted by molar-refractivity contribution is 9.10. The van der Waals surface area contributed by atoms with Crippen molar-refractivity contribution in [2.24, 2.45) is 0 Å². The summed E-state index contributed by atoms with van der Waals surface area (Å²) in [5, 5.41) is 9.63. The molecule has 0 radical (unpaired) electrons. The molecule has 20 heavy (non-hydrogen) atoms. The summed E-state index contributed by atoms with van der Waals surface area (Å²) in [4.78, 5) is 4.94. The lowest BCUT2D eigenvalue weighted by Crippen LogP contribution is -2.53. The number of piperazine rings is 1. The molecule has 1 saturated heterocycles. The van der Waals surface area contributed by atoms with Crippen molar-refractivity contribution in [3.05, 3.63) is 28.2 Å². The third kappa shape index (κ3) is 3.54. The zero-order valence-electron chi connectivity index (χ0n) is 12.9. The highest BCUT2D eigenvalue weighted by Crippen LogP contribution is 2.30. The minimum atomic E-state index is -0.418. The summed E-state index contributed by atoms with van der Waals surface area (Å²) in [7, 11) is 0. The van der Waals surface area contributed by atoms with Crippen molar-refractivity contribution in [1.82, 2.24) is 4.90 Å². The molecule has 1 aliphatic rings. The molecule has 0 aliphatic carbocycles. The molecule has 0 saturated carbocycles. The summed E-state index contributed by atoms with van der Waals surface area (Å²) in [5.74, 6) is 0. The highest BCUT2D eigenvalue weighted by Gasteiger charge is 2.26. The first-order chi connectivity index (χ1) is 9.29. The molecule has 4 heteroatoms. The lowest BCUT2D eigenvalue weighted by Gasteiger charge is -2.43. The Morgan fingerprint density at radius 2 is 1.75 bits per heavy atom. The van der Waals surface area contributed by atoms with E-state index in [1.165, 1.54) is 5.69 Å². The zero-order valence-corrected chi connectivity index (χ0v) is 14.4. The number of halogens is 1. The molecule has 1 heterocycles. The molecule has 1 aromatic rings. The third-order valence-corrected chi connectivity index (χ3v) is 4.66. The Hall–Kier alpha value is -0.580. The van der Waals surface area contributed by atoms with Crippen molar-refractivity contribution in [1.29, 1.82) is 0 Å². The summed E-state index contributed by atoms with van der Waals surface area (Å²) in [5.41, 5.74) is 2.43. The molecule has 1 N–H and O–H groups in total. The number of nitrogens with zero attached hydrogens (tertiary/aromatic N) is 2. The number of aliphatic hydroxyl groups excluding tert-OH is 1. The van der Waals surface area contributed by atoms with Crippen LogP contribution in [0.15, 0.2) is 22.7 Å². The number of rotatable bonds is 2. The van der Waals surface area contributed by atoms with Crippen LogP contribution in [0.3, 0.4) is 0 Å². The minimum Gasteiger partial charge on any atom is -0.389 e. The van der Waals surface area contributed by atoms with Crippen molar-refractivity contribution in [3.8, 4) is 0 Å². The smallest absolute Gasteiger partial charge is 0.0762 e. The molecule has 0 unspecified atom stereocenters. The van der Waals surface area contributed by atoms with Gasteiger partial charge in [0.05, 0.1) is 11.8 Å². The summed E-state index contributed by atoms with van der Waals surface area (Å²) in [6, 6.07) is 6.15. The van der Waals surface area contributed by atoms with Crippen LogP contribution in [-0.4, -0.2) is 41.7 Å². The first kappa shape index (κ1) is 15.8. The molecule has 0 bridgehead atoms. The molecular formula is C16H25BrN2O. The van der Waals surface area contributed by atoms with E-state index < -0.39 is 6.10 Å². The lowest BCUT2D eigenvalue weighted by atomic mass is 10.0. The predicted octanol–water partition coefficient (Wildman–Crippen LogP) is 3.42. The van der Waals surface area contributed by atoms with Crippen molar-refractivity contribution in [2.75, 3.05) is 31.1 Å². The molecule has 1 aliphatic heterocycles. The Labute approximate surface area is 130 Å². The van der Waals surface area contributed by atoms with Gasteiger partial charge in [-0.05, 0) is 61.3 Å². The van der Waals surface area contributed by atoms with Gasteiger partial charge in [0, 0.05) is 36.2 Å². The van der Waals surface area contributed by atoms with Crippen LogP contribution in [0.25, 0.3) is 0 Å². The largest absolute Gasteiger partial charge is 0.389 e. The van der Waals surface area contributed by atoms with Gasteiger partial charge in [-0.3, -0.25) is 4.90 Å². The average molecular weight is 341 g/mol. The second-order valence-electron chi connectivity index (χ2n) is 6.53. The lowest BCUT2D eigenvalue weighted by molar-refractivity contribution is 0.128. The molecular weight excluding hydrogens is 316 g/mol. The first-order valence-corrected chi connectivity index (χ1v) is 8.06. The normalized spacial score (nSPS) is 19.2. The second-order valence-corrected chi connectivity index (χ2v) is 7.39. The Morgan fingerprint density at radius 3 is 2.20 bits per heavy atom. The molecule has 1 aromatic carbocycles. The topological polar surface area (TPSA) is 26.7 Å². The van der Waals surface area contributed by atoms with Gasteiger partial charge in [0.15, 0.2) is 0 Å². The molecule has 3 nitrogen and oxygen atoms in total. The molecule has 0 spiro atoms. The Kier molecular flexibility index (Phi) is 4.77. The number of hydrogen-bond donors (Lipinski definition) is 1. The number of aliphatic hydroxyl groups is 1. The van der Waals surface area contributed by atoms with E-state index in [2.05, 4.69) is 52.6 Å². The zero-order chi connectivity index (χ0) is 14.9. The molecule has 112 valence electrons. The maximum absolute atomic E-state index is 9.63. The van der Waals surface area contributed by atoms with E-state index in [1.807, 2.05) is 12.1 Å². The van der Waals surface area contributed by atoms with E-state index in [4.69, 9.17) is 0 Å². The van der Waals surface area contributed by atoms with Gasteiger partial charge < -0.3 is 10.0 Å². The standard InChI is InChI=1S/C16H25BrN2O/c1-12(20)13-5-6-15(14(17)11-13)18-7-9-19(10-8-18)16(2,3)4/h5-6,11-12,20H,7-10H2,1-4H3/t12-/m0/s1. The molecule has 1 fully saturated rings. The van der Waals surface area contributed by atoms with Gasteiger partial charge in [0.1, 0.15) is 0 Å². The minimum absolute atomic E-state index is 0.250. The fourth-order valence-electron chi connectivity index (χ4n) is 2.66. The third-order valence-electron chi connectivity index (χ3n) is 4.02. The van der Waals surface area contributed by atoms with Crippen LogP contribution in [0, 0.1) is 0 Å². The Balaban J connectivity index is 2.07. The van der Waals surface area contributed by atoms with Crippen LogP contribution in [0.2, 0.25) is 0 Å². The molecule has 0 aromatic heterocycles. The number of hydrogen-bond acceptors (Lipinski definition) is 3. The van der Waals surface area contributed by atoms with Crippen LogP contribution in [0.4, 0.5) is 5.69 Å². The quantitative estimate of drug-likeness (QED) is 0.893. The van der Waals surface area contributed by atoms with Crippen LogP contribution in [0.1, 0.15) is 39.4 Å². The van der Waals surface area contributed by atoms with Gasteiger partial charge in [0.25, 0.3) is 0 Å². The summed E-state index contributed by atoms with van der Waals surface area (Å²) < 4.78 is 1.07. The van der Waals surface area contributed by atoms with Crippen molar-refractivity contribution >= 4 is 21.6 Å². The molecule has 0 amide bonds. The Morgan fingerprint density at radius 1 is 1.15 bits per heavy atom. The van der Waals surface area contributed by atoms with E-state index in [0.717, 1.165) is 36.2 Å². The maximum atomic E-state index is 9.63. The van der Waals surface area contributed by atoms with Crippen molar-refractivity contribution < 1.29 is 5.11 Å². The fraction of sp³-hybridized carbons (Fsp3) is 0.625. The van der Waals surface area contributed by atoms with Crippen LogP contribution in [0.5, 0.6) is 0 Å². The summed E-state index contributed by atoms with van der Waals surface area (Å²) in [6.45, 7) is 12.9. The second kappa shape index (κ2) is 6.04. The monoisotopic (exact) mass is 340 g/mol. The molecule has 2 rings (SSSR count). The Bertz CT molecular complexity index is 460.